The second kappa shape index (κ2) is 9.94. The van der Waals surface area contributed by atoms with Gasteiger partial charge in [0.15, 0.2) is 5.82 Å². The Labute approximate surface area is 180 Å². The smallest absolute Gasteiger partial charge is 0.343 e. The van der Waals surface area contributed by atoms with Gasteiger partial charge in [-0.15, -0.1) is 0 Å². The SMILES string of the molecule is O=C(Oc1ccccc1)c1ccccc1.c1ccc(-c2ncc3ccccc3n2)cc1. The highest BCUT2D eigenvalue weighted by atomic mass is 16.5. The second-order valence-electron chi connectivity index (χ2n) is 6.69. The van der Waals surface area contributed by atoms with Gasteiger partial charge in [-0.2, -0.15) is 0 Å². The minimum absolute atomic E-state index is 0.332. The molecule has 31 heavy (non-hydrogen) atoms. The Morgan fingerprint density at radius 3 is 1.94 bits per heavy atom. The molecule has 4 aromatic carbocycles. The van der Waals surface area contributed by atoms with Gasteiger partial charge in [0.2, 0.25) is 0 Å². The predicted octanol–water partition coefficient (Wildman–Crippen LogP) is 6.20. The first-order valence-corrected chi connectivity index (χ1v) is 9.89. The molecule has 0 aliphatic heterocycles. The molecule has 0 aliphatic carbocycles. The highest BCUT2D eigenvalue weighted by molar-refractivity contribution is 5.90. The van der Waals surface area contributed by atoms with Crippen molar-refractivity contribution in [1.29, 1.82) is 0 Å². The zero-order valence-corrected chi connectivity index (χ0v) is 16.8. The Hall–Kier alpha value is -4.31. The van der Waals surface area contributed by atoms with Crippen molar-refractivity contribution in [1.82, 2.24) is 9.97 Å². The van der Waals surface area contributed by atoms with E-state index in [0.29, 0.717) is 11.3 Å². The Kier molecular flexibility index (Phi) is 6.41. The third-order valence-corrected chi connectivity index (χ3v) is 4.48. The van der Waals surface area contributed by atoms with Crippen LogP contribution in [0.1, 0.15) is 10.4 Å². The lowest BCUT2D eigenvalue weighted by atomic mass is 10.2. The monoisotopic (exact) mass is 404 g/mol. The van der Waals surface area contributed by atoms with Crippen molar-refractivity contribution in [2.24, 2.45) is 0 Å². The van der Waals surface area contributed by atoms with Crippen LogP contribution in [-0.4, -0.2) is 15.9 Å². The average molecular weight is 404 g/mol. The van der Waals surface area contributed by atoms with Crippen LogP contribution in [0.5, 0.6) is 5.75 Å². The van der Waals surface area contributed by atoms with Gasteiger partial charge in [0.25, 0.3) is 0 Å². The summed E-state index contributed by atoms with van der Waals surface area (Å²) in [5, 5.41) is 1.07. The van der Waals surface area contributed by atoms with E-state index in [-0.39, 0.29) is 5.97 Å². The van der Waals surface area contributed by atoms with E-state index < -0.39 is 0 Å². The predicted molar refractivity (Wildman–Crippen MR) is 123 cm³/mol. The summed E-state index contributed by atoms with van der Waals surface area (Å²) in [6.07, 6.45) is 1.87. The molecule has 0 saturated carbocycles. The Balaban J connectivity index is 0.000000150. The molecule has 1 heterocycles. The van der Waals surface area contributed by atoms with Gasteiger partial charge in [0.05, 0.1) is 11.1 Å². The average Bonchev–Trinajstić information content (AvgIpc) is 2.86. The first kappa shape index (κ1) is 20.0. The maximum Gasteiger partial charge on any atom is 0.343 e. The molecule has 5 aromatic rings. The number of carbonyl (C=O) groups excluding carboxylic acids is 1. The van der Waals surface area contributed by atoms with Crippen molar-refractivity contribution >= 4 is 16.9 Å². The van der Waals surface area contributed by atoms with E-state index in [2.05, 4.69) is 9.97 Å². The molecule has 150 valence electrons. The first-order valence-electron chi connectivity index (χ1n) is 9.89. The van der Waals surface area contributed by atoms with E-state index in [9.17, 15) is 4.79 Å². The van der Waals surface area contributed by atoms with Gasteiger partial charge in [0, 0.05) is 17.1 Å². The van der Waals surface area contributed by atoms with Crippen LogP contribution in [0.3, 0.4) is 0 Å². The maximum absolute atomic E-state index is 11.6. The van der Waals surface area contributed by atoms with Crippen molar-refractivity contribution in [3.8, 4) is 17.1 Å². The quantitative estimate of drug-likeness (QED) is 0.265. The number of nitrogens with zero attached hydrogens (tertiary/aromatic N) is 2. The van der Waals surface area contributed by atoms with Gasteiger partial charge in [-0.1, -0.05) is 84.9 Å². The summed E-state index contributed by atoms with van der Waals surface area (Å²) in [5.74, 6) is 1.01. The minimum Gasteiger partial charge on any atom is -0.423 e. The van der Waals surface area contributed by atoms with Gasteiger partial charge < -0.3 is 4.74 Å². The fourth-order valence-electron chi connectivity index (χ4n) is 2.93. The molecule has 4 heteroatoms. The standard InChI is InChI=1S/C14H10N2.C13H10O2/c1-2-6-11(7-3-1)14-15-10-12-8-4-5-9-13(12)16-14;14-13(11-7-3-1-4-8-11)15-12-9-5-2-6-10-12/h1-10H;1-10H. The lowest BCUT2D eigenvalue weighted by molar-refractivity contribution is 0.0735. The van der Waals surface area contributed by atoms with E-state index in [0.717, 1.165) is 22.3 Å². The van der Waals surface area contributed by atoms with E-state index in [1.807, 2.05) is 97.2 Å². The van der Waals surface area contributed by atoms with E-state index in [1.54, 1.807) is 24.3 Å². The zero-order chi connectivity index (χ0) is 21.3. The molecule has 0 spiro atoms. The Morgan fingerprint density at radius 1 is 0.645 bits per heavy atom. The van der Waals surface area contributed by atoms with Gasteiger partial charge >= 0.3 is 5.97 Å². The fraction of sp³-hybridized carbons (Fsp3) is 0. The molecule has 0 bridgehead atoms. The largest absolute Gasteiger partial charge is 0.423 e. The number of aromatic nitrogens is 2. The number of hydrogen-bond donors (Lipinski definition) is 0. The van der Waals surface area contributed by atoms with Crippen LogP contribution >= 0.6 is 0 Å². The van der Waals surface area contributed by atoms with Gasteiger partial charge in [-0.05, 0) is 30.3 Å². The van der Waals surface area contributed by atoms with Crippen LogP contribution in [0, 0.1) is 0 Å². The second-order valence-corrected chi connectivity index (χ2v) is 6.69. The van der Waals surface area contributed by atoms with E-state index >= 15 is 0 Å². The molecule has 1 aromatic heterocycles. The third-order valence-electron chi connectivity index (χ3n) is 4.48. The molecule has 0 unspecified atom stereocenters. The molecule has 0 fully saturated rings. The summed E-state index contributed by atoms with van der Waals surface area (Å²) in [6.45, 7) is 0. The number of benzene rings is 4. The van der Waals surface area contributed by atoms with Crippen molar-refractivity contribution < 1.29 is 9.53 Å². The molecule has 0 amide bonds. The first-order chi connectivity index (χ1) is 15.3. The van der Waals surface area contributed by atoms with Crippen LogP contribution in [0.25, 0.3) is 22.3 Å². The van der Waals surface area contributed by atoms with Crippen molar-refractivity contribution in [3.05, 3.63) is 127 Å². The molecule has 4 nitrogen and oxygen atoms in total. The van der Waals surface area contributed by atoms with Gasteiger partial charge in [-0.25, -0.2) is 14.8 Å². The van der Waals surface area contributed by atoms with Crippen molar-refractivity contribution in [3.63, 3.8) is 0 Å². The Bertz CT molecular complexity index is 1260. The third kappa shape index (κ3) is 5.40. The number of para-hydroxylation sites is 2. The highest BCUT2D eigenvalue weighted by Crippen LogP contribution is 2.17. The maximum atomic E-state index is 11.6. The molecule has 0 radical (unpaired) electrons. The van der Waals surface area contributed by atoms with Gasteiger partial charge in [0.1, 0.15) is 5.75 Å². The molecule has 0 aliphatic rings. The molecule has 0 saturated heterocycles. The van der Waals surface area contributed by atoms with Crippen molar-refractivity contribution in [2.45, 2.75) is 0 Å². The van der Waals surface area contributed by atoms with Gasteiger partial charge in [-0.3, -0.25) is 0 Å². The number of fused-ring (bicyclic) bond motifs is 1. The summed E-state index contributed by atoms with van der Waals surface area (Å²) in [5.41, 5.74) is 2.59. The lowest BCUT2D eigenvalue weighted by Crippen LogP contribution is -2.07. The number of carbonyl (C=O) groups is 1. The molecular weight excluding hydrogens is 384 g/mol. The summed E-state index contributed by atoms with van der Waals surface area (Å²) >= 11 is 0. The number of rotatable bonds is 3. The number of esters is 1. The fourth-order valence-corrected chi connectivity index (χ4v) is 2.93. The molecule has 5 rings (SSSR count). The molecule has 0 N–H and O–H groups in total. The summed E-state index contributed by atoms with van der Waals surface area (Å²) < 4.78 is 5.16. The molecular formula is C27H20N2O2. The summed E-state index contributed by atoms with van der Waals surface area (Å²) in [4.78, 5) is 20.5. The number of ether oxygens (including phenoxy) is 1. The van der Waals surface area contributed by atoms with Crippen LogP contribution in [0.2, 0.25) is 0 Å². The van der Waals surface area contributed by atoms with Crippen LogP contribution in [-0.2, 0) is 0 Å². The highest BCUT2D eigenvalue weighted by Gasteiger charge is 2.06. The van der Waals surface area contributed by atoms with Crippen molar-refractivity contribution in [2.75, 3.05) is 0 Å². The van der Waals surface area contributed by atoms with Crippen LogP contribution in [0.15, 0.2) is 121 Å². The minimum atomic E-state index is -0.332. The Morgan fingerprint density at radius 2 is 1.23 bits per heavy atom. The molecule has 0 atom stereocenters. The van der Waals surface area contributed by atoms with Crippen LogP contribution in [0.4, 0.5) is 0 Å². The zero-order valence-electron chi connectivity index (χ0n) is 16.8. The number of hydrogen-bond acceptors (Lipinski definition) is 4. The lowest BCUT2D eigenvalue weighted by Gasteiger charge is -2.02. The van der Waals surface area contributed by atoms with E-state index in [4.69, 9.17) is 4.74 Å². The summed E-state index contributed by atoms with van der Waals surface area (Å²) in [6, 6.07) is 36.0. The van der Waals surface area contributed by atoms with E-state index in [1.165, 1.54) is 0 Å². The van der Waals surface area contributed by atoms with Crippen LogP contribution < -0.4 is 4.74 Å². The topological polar surface area (TPSA) is 52.1 Å². The normalized spacial score (nSPS) is 10.1. The summed E-state index contributed by atoms with van der Waals surface area (Å²) in [7, 11) is 0.